The van der Waals surface area contributed by atoms with E-state index in [0.717, 1.165) is 11.3 Å². The van der Waals surface area contributed by atoms with E-state index < -0.39 is 10.0 Å². The van der Waals surface area contributed by atoms with Crippen LogP contribution in [0, 0.1) is 18.3 Å². The van der Waals surface area contributed by atoms with E-state index in [-0.39, 0.29) is 42.1 Å². The molecule has 10 nitrogen and oxygen atoms in total. The summed E-state index contributed by atoms with van der Waals surface area (Å²) in [5.74, 6) is 2.73. The number of aryl methyl sites for hydroxylation is 1. The Morgan fingerprint density at radius 3 is 2.29 bits per heavy atom. The molecule has 1 aliphatic rings. The molecule has 38 heavy (non-hydrogen) atoms. The average Bonchev–Trinajstić information content (AvgIpc) is 3.60. The van der Waals surface area contributed by atoms with Crippen LogP contribution < -0.4 is 14.4 Å². The SMILES string of the molecule is COc1ccc(S(=O)(=O)N2CCN(c3oc(-c4ccc(COc5ccc(C)cc5)o4)nc3C#N)CC2)cc1. The van der Waals surface area contributed by atoms with Crippen LogP contribution in [-0.2, 0) is 16.6 Å². The normalized spacial score (nSPS) is 14.3. The van der Waals surface area contributed by atoms with Gasteiger partial charge in [-0.15, -0.1) is 0 Å². The maximum Gasteiger partial charge on any atom is 0.266 e. The molecule has 0 unspecified atom stereocenters. The molecule has 1 aliphatic heterocycles. The topological polar surface area (TPSA) is 122 Å². The highest BCUT2D eigenvalue weighted by atomic mass is 32.2. The first-order chi connectivity index (χ1) is 18.4. The number of furan rings is 1. The van der Waals surface area contributed by atoms with Gasteiger partial charge >= 0.3 is 0 Å². The van der Waals surface area contributed by atoms with Crippen LogP contribution in [0.2, 0.25) is 0 Å². The first-order valence-corrected chi connectivity index (χ1v) is 13.4. The maximum absolute atomic E-state index is 13.1. The van der Waals surface area contributed by atoms with Crippen molar-refractivity contribution in [1.82, 2.24) is 9.29 Å². The summed E-state index contributed by atoms with van der Waals surface area (Å²) >= 11 is 0. The Bertz CT molecular complexity index is 1540. The molecule has 5 rings (SSSR count). The number of methoxy groups -OCH3 is 1. The lowest BCUT2D eigenvalue weighted by atomic mass is 10.2. The van der Waals surface area contributed by atoms with Crippen LogP contribution >= 0.6 is 0 Å². The van der Waals surface area contributed by atoms with Gasteiger partial charge in [-0.25, -0.2) is 8.42 Å². The Labute approximate surface area is 220 Å². The van der Waals surface area contributed by atoms with E-state index in [1.54, 1.807) is 24.3 Å². The van der Waals surface area contributed by atoms with Crippen molar-refractivity contribution in [2.24, 2.45) is 0 Å². The molecule has 0 spiro atoms. The highest BCUT2D eigenvalue weighted by molar-refractivity contribution is 7.89. The Morgan fingerprint density at radius 2 is 1.63 bits per heavy atom. The molecular formula is C27H26N4O6S. The molecule has 0 N–H and O–H groups in total. The van der Waals surface area contributed by atoms with E-state index in [1.807, 2.05) is 36.1 Å². The Kier molecular flexibility index (Phi) is 7.09. The van der Waals surface area contributed by atoms with E-state index in [9.17, 15) is 13.7 Å². The third kappa shape index (κ3) is 5.22. The van der Waals surface area contributed by atoms with Gasteiger partial charge in [-0.2, -0.15) is 14.6 Å². The Morgan fingerprint density at radius 1 is 0.947 bits per heavy atom. The minimum absolute atomic E-state index is 0.111. The third-order valence-corrected chi connectivity index (χ3v) is 8.13. The van der Waals surface area contributed by atoms with Crippen LogP contribution in [0.15, 0.2) is 74.4 Å². The third-order valence-electron chi connectivity index (χ3n) is 6.21. The number of piperazine rings is 1. The number of oxazole rings is 1. The standard InChI is InChI=1S/C27H26N4O6S/c1-19-3-5-21(6-4-19)35-18-22-9-12-25(36-22)26-29-24(17-28)27(37-26)30-13-15-31(16-14-30)38(32,33)23-10-7-20(34-2)8-11-23/h3-12H,13-16,18H2,1-2H3. The van der Waals surface area contributed by atoms with Gasteiger partial charge in [0, 0.05) is 26.2 Å². The summed E-state index contributed by atoms with van der Waals surface area (Å²) in [6, 6.07) is 19.5. The Balaban J connectivity index is 1.25. The average molecular weight is 535 g/mol. The minimum atomic E-state index is -3.66. The number of sulfonamides is 1. The van der Waals surface area contributed by atoms with Crippen molar-refractivity contribution in [3.63, 3.8) is 0 Å². The summed E-state index contributed by atoms with van der Waals surface area (Å²) in [4.78, 5) is 6.32. The number of hydrogen-bond acceptors (Lipinski definition) is 9. The highest BCUT2D eigenvalue weighted by Crippen LogP contribution is 2.31. The van der Waals surface area contributed by atoms with Crippen molar-refractivity contribution in [2.75, 3.05) is 38.2 Å². The lowest BCUT2D eigenvalue weighted by Crippen LogP contribution is -2.48. The van der Waals surface area contributed by atoms with Gasteiger partial charge in [0.2, 0.25) is 21.6 Å². The molecular weight excluding hydrogens is 508 g/mol. The molecule has 0 bridgehead atoms. The number of nitriles is 1. The fraction of sp³-hybridized carbons (Fsp3) is 0.259. The van der Waals surface area contributed by atoms with Crippen LogP contribution in [-0.4, -0.2) is 51.0 Å². The zero-order valence-corrected chi connectivity index (χ0v) is 21.8. The number of benzene rings is 2. The van der Waals surface area contributed by atoms with Gasteiger partial charge in [0.1, 0.15) is 29.9 Å². The largest absolute Gasteiger partial charge is 0.497 e. The monoisotopic (exact) mass is 534 g/mol. The first-order valence-electron chi connectivity index (χ1n) is 12.0. The number of rotatable bonds is 8. The van der Waals surface area contributed by atoms with Crippen molar-refractivity contribution >= 4 is 15.9 Å². The molecule has 0 amide bonds. The Hall–Kier alpha value is -4.27. The second-order valence-corrected chi connectivity index (χ2v) is 10.7. The summed E-state index contributed by atoms with van der Waals surface area (Å²) in [6.07, 6.45) is 0. The predicted molar refractivity (Wildman–Crippen MR) is 138 cm³/mol. The van der Waals surface area contributed by atoms with Gasteiger partial charge in [0.15, 0.2) is 5.76 Å². The van der Waals surface area contributed by atoms with E-state index in [4.69, 9.17) is 18.3 Å². The van der Waals surface area contributed by atoms with E-state index in [2.05, 4.69) is 11.1 Å². The molecule has 1 fully saturated rings. The molecule has 196 valence electrons. The molecule has 0 radical (unpaired) electrons. The van der Waals surface area contributed by atoms with Crippen LogP contribution in [0.4, 0.5) is 5.88 Å². The number of anilines is 1. The van der Waals surface area contributed by atoms with Gasteiger partial charge in [-0.1, -0.05) is 17.7 Å². The first kappa shape index (κ1) is 25.4. The van der Waals surface area contributed by atoms with Crippen molar-refractivity contribution < 1.29 is 26.7 Å². The van der Waals surface area contributed by atoms with Crippen LogP contribution in [0.25, 0.3) is 11.7 Å². The number of ether oxygens (including phenoxy) is 2. The molecule has 2 aromatic heterocycles. The zero-order valence-electron chi connectivity index (χ0n) is 21.0. The fourth-order valence-corrected chi connectivity index (χ4v) is 5.51. The fourth-order valence-electron chi connectivity index (χ4n) is 4.09. The van der Waals surface area contributed by atoms with E-state index in [1.165, 1.54) is 23.5 Å². The summed E-state index contributed by atoms with van der Waals surface area (Å²) in [5.41, 5.74) is 1.26. The van der Waals surface area contributed by atoms with Gasteiger partial charge in [-0.05, 0) is 55.5 Å². The van der Waals surface area contributed by atoms with Gasteiger partial charge < -0.3 is 23.2 Å². The van der Waals surface area contributed by atoms with Crippen molar-refractivity contribution in [3.05, 3.63) is 77.7 Å². The molecule has 0 atom stereocenters. The van der Waals surface area contributed by atoms with Crippen LogP contribution in [0.3, 0.4) is 0 Å². The summed E-state index contributed by atoms with van der Waals surface area (Å²) in [7, 11) is -2.13. The molecule has 1 saturated heterocycles. The molecule has 0 saturated carbocycles. The van der Waals surface area contributed by atoms with E-state index >= 15 is 0 Å². The zero-order chi connectivity index (χ0) is 26.7. The molecule has 2 aromatic carbocycles. The lowest BCUT2D eigenvalue weighted by Gasteiger charge is -2.33. The number of hydrogen-bond donors (Lipinski definition) is 0. The molecule has 0 aliphatic carbocycles. The molecule has 11 heteroatoms. The molecule has 3 heterocycles. The van der Waals surface area contributed by atoms with Crippen LogP contribution in [0.1, 0.15) is 17.0 Å². The second-order valence-electron chi connectivity index (χ2n) is 8.72. The second kappa shape index (κ2) is 10.6. The van der Waals surface area contributed by atoms with Crippen LogP contribution in [0.5, 0.6) is 11.5 Å². The van der Waals surface area contributed by atoms with Crippen molar-refractivity contribution in [1.29, 1.82) is 5.26 Å². The van der Waals surface area contributed by atoms with Crippen molar-refractivity contribution in [2.45, 2.75) is 18.4 Å². The van der Waals surface area contributed by atoms with Gasteiger partial charge in [0.05, 0.1) is 12.0 Å². The lowest BCUT2D eigenvalue weighted by molar-refractivity contribution is 0.271. The predicted octanol–water partition coefficient (Wildman–Crippen LogP) is 4.21. The smallest absolute Gasteiger partial charge is 0.266 e. The minimum Gasteiger partial charge on any atom is -0.497 e. The van der Waals surface area contributed by atoms with E-state index in [0.29, 0.717) is 30.4 Å². The molecule has 4 aromatic rings. The summed E-state index contributed by atoms with van der Waals surface area (Å²) in [5, 5.41) is 9.65. The van der Waals surface area contributed by atoms with Gasteiger partial charge in [0.25, 0.3) is 5.89 Å². The van der Waals surface area contributed by atoms with Gasteiger partial charge in [-0.3, -0.25) is 0 Å². The summed E-state index contributed by atoms with van der Waals surface area (Å²) < 4.78 is 50.2. The quantitative estimate of drug-likeness (QED) is 0.327. The van der Waals surface area contributed by atoms with Crippen molar-refractivity contribution in [3.8, 4) is 29.2 Å². The highest BCUT2D eigenvalue weighted by Gasteiger charge is 2.31. The number of nitrogens with zero attached hydrogens (tertiary/aromatic N) is 4. The number of aromatic nitrogens is 1. The maximum atomic E-state index is 13.1. The summed E-state index contributed by atoms with van der Waals surface area (Å²) in [6.45, 7) is 3.38.